The Balaban J connectivity index is 2.18. The summed E-state index contributed by atoms with van der Waals surface area (Å²) in [5.74, 6) is 0. The molecule has 0 aliphatic heterocycles. The summed E-state index contributed by atoms with van der Waals surface area (Å²) in [6.45, 7) is 3.99. The van der Waals surface area contributed by atoms with Crippen LogP contribution >= 0.6 is 0 Å². The molecular formula is C13H20N4O. The molecule has 1 N–H and O–H groups in total. The number of hydrogen-bond acceptors (Lipinski definition) is 3. The highest BCUT2D eigenvalue weighted by Crippen LogP contribution is 2.21. The number of aromatic nitrogens is 4. The summed E-state index contributed by atoms with van der Waals surface area (Å²) < 4.78 is 3.57. The fourth-order valence-corrected chi connectivity index (χ4v) is 2.19. The van der Waals surface area contributed by atoms with Crippen LogP contribution in [0, 0.1) is 6.92 Å². The highest BCUT2D eigenvalue weighted by Gasteiger charge is 2.16. The summed E-state index contributed by atoms with van der Waals surface area (Å²) >= 11 is 0. The van der Waals surface area contributed by atoms with E-state index in [1.165, 1.54) is 0 Å². The molecule has 2 rings (SSSR count). The molecule has 5 heteroatoms. The van der Waals surface area contributed by atoms with Crippen molar-refractivity contribution in [1.29, 1.82) is 0 Å². The molecule has 0 fully saturated rings. The van der Waals surface area contributed by atoms with E-state index in [-0.39, 0.29) is 0 Å². The summed E-state index contributed by atoms with van der Waals surface area (Å²) in [6.07, 6.45) is 2.82. The Bertz CT molecular complexity index is 541. The lowest BCUT2D eigenvalue weighted by atomic mass is 10.1. The monoisotopic (exact) mass is 248 g/mol. The molecule has 2 heterocycles. The van der Waals surface area contributed by atoms with Crippen molar-refractivity contribution in [1.82, 2.24) is 19.6 Å². The fraction of sp³-hybridized carbons (Fsp3) is 0.538. The molecule has 5 nitrogen and oxygen atoms in total. The summed E-state index contributed by atoms with van der Waals surface area (Å²) in [5, 5.41) is 18.9. The standard InChI is InChI=1S/C13H20N4O/c1-5-10-6-11(17(4)15-10)7-13(18)12-8-16(3)14-9(12)2/h6,8,13,18H,5,7H2,1-4H3. The van der Waals surface area contributed by atoms with Crippen LogP contribution in [0.1, 0.15) is 35.7 Å². The van der Waals surface area contributed by atoms with Gasteiger partial charge in [0, 0.05) is 38.0 Å². The van der Waals surface area contributed by atoms with Gasteiger partial charge in [-0.15, -0.1) is 0 Å². The van der Waals surface area contributed by atoms with Crippen LogP contribution < -0.4 is 0 Å². The van der Waals surface area contributed by atoms with E-state index in [1.54, 1.807) is 4.68 Å². The lowest BCUT2D eigenvalue weighted by molar-refractivity contribution is 0.175. The Labute approximate surface area is 107 Å². The van der Waals surface area contributed by atoms with Crippen LogP contribution in [0.15, 0.2) is 12.3 Å². The average molecular weight is 248 g/mol. The van der Waals surface area contributed by atoms with Gasteiger partial charge >= 0.3 is 0 Å². The van der Waals surface area contributed by atoms with Crippen molar-refractivity contribution in [3.8, 4) is 0 Å². The zero-order chi connectivity index (χ0) is 13.3. The van der Waals surface area contributed by atoms with E-state index in [0.717, 1.165) is 29.1 Å². The number of aliphatic hydroxyl groups excluding tert-OH is 1. The number of aryl methyl sites for hydroxylation is 4. The third-order valence-corrected chi connectivity index (χ3v) is 3.20. The largest absolute Gasteiger partial charge is 0.388 e. The second-order valence-corrected chi connectivity index (χ2v) is 4.67. The van der Waals surface area contributed by atoms with E-state index in [1.807, 2.05) is 31.9 Å². The molecule has 2 aromatic heterocycles. The summed E-state index contributed by atoms with van der Waals surface area (Å²) in [7, 11) is 3.78. The van der Waals surface area contributed by atoms with E-state index >= 15 is 0 Å². The summed E-state index contributed by atoms with van der Waals surface area (Å²) in [4.78, 5) is 0. The van der Waals surface area contributed by atoms with Crippen molar-refractivity contribution in [2.75, 3.05) is 0 Å². The molecule has 18 heavy (non-hydrogen) atoms. The molecule has 0 radical (unpaired) electrons. The normalized spacial score (nSPS) is 12.9. The quantitative estimate of drug-likeness (QED) is 0.887. The molecule has 0 saturated carbocycles. The van der Waals surface area contributed by atoms with Gasteiger partial charge in [0.2, 0.25) is 0 Å². The minimum atomic E-state index is -0.529. The van der Waals surface area contributed by atoms with E-state index < -0.39 is 6.10 Å². The van der Waals surface area contributed by atoms with Crippen LogP contribution in [0.3, 0.4) is 0 Å². The van der Waals surface area contributed by atoms with Gasteiger partial charge in [-0.25, -0.2) is 0 Å². The number of hydrogen-bond donors (Lipinski definition) is 1. The first-order valence-electron chi connectivity index (χ1n) is 6.21. The van der Waals surface area contributed by atoms with Crippen molar-refractivity contribution in [3.63, 3.8) is 0 Å². The fourth-order valence-electron chi connectivity index (χ4n) is 2.19. The maximum Gasteiger partial charge on any atom is 0.0878 e. The zero-order valence-corrected chi connectivity index (χ0v) is 11.4. The van der Waals surface area contributed by atoms with Gasteiger partial charge in [-0.05, 0) is 19.4 Å². The molecule has 0 bridgehead atoms. The van der Waals surface area contributed by atoms with Gasteiger partial charge in [-0.1, -0.05) is 6.92 Å². The molecule has 0 aromatic carbocycles. The topological polar surface area (TPSA) is 55.9 Å². The number of aliphatic hydroxyl groups is 1. The van der Waals surface area contributed by atoms with Gasteiger partial charge in [-0.3, -0.25) is 9.36 Å². The van der Waals surface area contributed by atoms with Crippen LogP contribution in [0.4, 0.5) is 0 Å². The average Bonchev–Trinajstić information content (AvgIpc) is 2.82. The summed E-state index contributed by atoms with van der Waals surface area (Å²) in [5.41, 5.74) is 3.87. The maximum absolute atomic E-state index is 10.3. The third kappa shape index (κ3) is 2.46. The Morgan fingerprint density at radius 3 is 2.56 bits per heavy atom. The van der Waals surface area contributed by atoms with Crippen LogP contribution in [-0.2, 0) is 26.9 Å². The van der Waals surface area contributed by atoms with E-state index in [4.69, 9.17) is 0 Å². The maximum atomic E-state index is 10.3. The molecule has 0 aliphatic carbocycles. The van der Waals surface area contributed by atoms with Crippen molar-refractivity contribution < 1.29 is 5.11 Å². The molecule has 0 amide bonds. The second kappa shape index (κ2) is 4.94. The Morgan fingerprint density at radius 1 is 1.33 bits per heavy atom. The molecule has 0 spiro atoms. The van der Waals surface area contributed by atoms with E-state index in [2.05, 4.69) is 23.2 Å². The first-order chi connectivity index (χ1) is 8.51. The number of rotatable bonds is 4. The predicted octanol–water partition coefficient (Wildman–Crippen LogP) is 1.30. The number of nitrogens with zero attached hydrogens (tertiary/aromatic N) is 4. The molecule has 1 unspecified atom stereocenters. The van der Waals surface area contributed by atoms with E-state index in [0.29, 0.717) is 6.42 Å². The Morgan fingerprint density at radius 2 is 2.06 bits per heavy atom. The van der Waals surface area contributed by atoms with Crippen molar-refractivity contribution in [2.24, 2.45) is 14.1 Å². The van der Waals surface area contributed by atoms with Crippen molar-refractivity contribution >= 4 is 0 Å². The van der Waals surface area contributed by atoms with Gasteiger partial charge in [0.1, 0.15) is 0 Å². The highest BCUT2D eigenvalue weighted by molar-refractivity contribution is 5.21. The first kappa shape index (κ1) is 12.8. The first-order valence-corrected chi connectivity index (χ1v) is 6.21. The highest BCUT2D eigenvalue weighted by atomic mass is 16.3. The van der Waals surface area contributed by atoms with Gasteiger partial charge in [0.25, 0.3) is 0 Å². The molecule has 2 aromatic rings. The molecule has 98 valence electrons. The molecular weight excluding hydrogens is 228 g/mol. The van der Waals surface area contributed by atoms with Gasteiger partial charge in [0.15, 0.2) is 0 Å². The van der Waals surface area contributed by atoms with Crippen molar-refractivity contribution in [3.05, 3.63) is 34.9 Å². The van der Waals surface area contributed by atoms with Gasteiger partial charge in [0.05, 0.1) is 17.5 Å². The SMILES string of the molecule is CCc1cc(CC(O)c2cn(C)nc2C)n(C)n1. The van der Waals surface area contributed by atoms with Crippen LogP contribution in [0.2, 0.25) is 0 Å². The van der Waals surface area contributed by atoms with Gasteiger partial charge < -0.3 is 5.11 Å². The zero-order valence-electron chi connectivity index (χ0n) is 11.4. The molecule has 0 aliphatic rings. The van der Waals surface area contributed by atoms with Crippen molar-refractivity contribution in [2.45, 2.75) is 32.8 Å². The summed E-state index contributed by atoms with van der Waals surface area (Å²) in [6, 6.07) is 2.05. The third-order valence-electron chi connectivity index (χ3n) is 3.20. The molecule has 0 saturated heterocycles. The van der Waals surface area contributed by atoms with Crippen LogP contribution in [0.25, 0.3) is 0 Å². The Kier molecular flexibility index (Phi) is 3.52. The van der Waals surface area contributed by atoms with Crippen LogP contribution in [0.5, 0.6) is 0 Å². The van der Waals surface area contributed by atoms with E-state index in [9.17, 15) is 5.11 Å². The Hall–Kier alpha value is -1.62. The minimum absolute atomic E-state index is 0.529. The molecule has 1 atom stereocenters. The minimum Gasteiger partial charge on any atom is -0.388 e. The predicted molar refractivity (Wildman–Crippen MR) is 69.2 cm³/mol. The van der Waals surface area contributed by atoms with Crippen LogP contribution in [-0.4, -0.2) is 24.7 Å². The lowest BCUT2D eigenvalue weighted by Gasteiger charge is -2.09. The second-order valence-electron chi connectivity index (χ2n) is 4.67. The van der Waals surface area contributed by atoms with Gasteiger partial charge in [-0.2, -0.15) is 10.2 Å². The smallest absolute Gasteiger partial charge is 0.0878 e. The lowest BCUT2D eigenvalue weighted by Crippen LogP contribution is -2.06.